The number of nitrogens with one attached hydrogen (secondary N) is 1. The van der Waals surface area contributed by atoms with Gasteiger partial charge < -0.3 is 10.2 Å². The Bertz CT molecular complexity index is 422. The number of piperazine rings is 1. The zero-order valence-corrected chi connectivity index (χ0v) is 12.3. The van der Waals surface area contributed by atoms with Crippen LogP contribution in [-0.2, 0) is 9.59 Å². The predicted octanol–water partition coefficient (Wildman–Crippen LogP) is 1.86. The highest BCUT2D eigenvalue weighted by Gasteiger charge is 2.51. The Hall–Kier alpha value is -1.32. The van der Waals surface area contributed by atoms with Gasteiger partial charge in [-0.1, -0.05) is 18.6 Å². The van der Waals surface area contributed by atoms with Gasteiger partial charge in [-0.15, -0.1) is 0 Å². The van der Waals surface area contributed by atoms with Crippen molar-refractivity contribution in [2.45, 2.75) is 58.5 Å². The molecule has 4 heteroatoms. The molecule has 2 fully saturated rings. The van der Waals surface area contributed by atoms with Crippen molar-refractivity contribution in [3.05, 3.63) is 11.6 Å². The van der Waals surface area contributed by atoms with E-state index in [1.165, 1.54) is 5.57 Å². The third-order valence-electron chi connectivity index (χ3n) is 4.37. The van der Waals surface area contributed by atoms with E-state index in [0.29, 0.717) is 18.9 Å². The molecule has 2 unspecified atom stereocenters. The highest BCUT2D eigenvalue weighted by molar-refractivity contribution is 6.00. The molecule has 1 saturated heterocycles. The van der Waals surface area contributed by atoms with Crippen LogP contribution in [0.3, 0.4) is 0 Å². The van der Waals surface area contributed by atoms with Crippen LogP contribution in [-0.4, -0.2) is 34.8 Å². The molecule has 2 amide bonds. The molecule has 106 valence electrons. The first-order valence-electron chi connectivity index (χ1n) is 7.16. The van der Waals surface area contributed by atoms with Gasteiger partial charge in [-0.05, 0) is 46.0 Å². The molecule has 0 aromatic carbocycles. The quantitative estimate of drug-likeness (QED) is 0.788. The van der Waals surface area contributed by atoms with Crippen LogP contribution >= 0.6 is 0 Å². The van der Waals surface area contributed by atoms with E-state index in [0.717, 1.165) is 12.8 Å². The van der Waals surface area contributed by atoms with E-state index in [2.05, 4.69) is 5.32 Å². The average molecular weight is 264 g/mol. The lowest BCUT2D eigenvalue weighted by molar-refractivity contribution is -0.156. The van der Waals surface area contributed by atoms with Gasteiger partial charge in [-0.2, -0.15) is 0 Å². The van der Waals surface area contributed by atoms with Crippen LogP contribution in [0.1, 0.15) is 47.0 Å². The fourth-order valence-corrected chi connectivity index (χ4v) is 2.56. The molecule has 4 nitrogen and oxygen atoms in total. The molecule has 0 bridgehead atoms. The number of hydrogen-bond acceptors (Lipinski definition) is 2. The van der Waals surface area contributed by atoms with E-state index in [4.69, 9.17) is 0 Å². The standard InChI is InChI=1S/C15H24N2O2/c1-5-15(4)14(19)16-12(11-6-7-11)13(18)17(15)9-8-10(2)3/h8,11-12H,5-7,9H2,1-4H3,(H,16,19). The van der Waals surface area contributed by atoms with E-state index >= 15 is 0 Å². The summed E-state index contributed by atoms with van der Waals surface area (Å²) in [5.41, 5.74) is 0.453. The Labute approximate surface area is 115 Å². The maximum atomic E-state index is 12.6. The number of hydrogen-bond donors (Lipinski definition) is 1. The first-order valence-corrected chi connectivity index (χ1v) is 7.16. The van der Waals surface area contributed by atoms with Crippen molar-refractivity contribution in [3.8, 4) is 0 Å². The average Bonchev–Trinajstić information content (AvgIpc) is 3.17. The topological polar surface area (TPSA) is 49.4 Å². The van der Waals surface area contributed by atoms with Gasteiger partial charge in [0.15, 0.2) is 0 Å². The molecule has 0 radical (unpaired) electrons. The molecule has 0 aromatic rings. The summed E-state index contributed by atoms with van der Waals surface area (Å²) in [6, 6.07) is -0.294. The lowest BCUT2D eigenvalue weighted by Gasteiger charge is -2.45. The van der Waals surface area contributed by atoms with E-state index in [9.17, 15) is 9.59 Å². The third kappa shape index (κ3) is 2.53. The Morgan fingerprint density at radius 3 is 2.53 bits per heavy atom. The first kappa shape index (κ1) is 14.1. The maximum Gasteiger partial charge on any atom is 0.246 e. The van der Waals surface area contributed by atoms with Crippen molar-refractivity contribution >= 4 is 11.8 Å². The van der Waals surface area contributed by atoms with Gasteiger partial charge in [0.25, 0.3) is 0 Å². The van der Waals surface area contributed by atoms with Crippen molar-refractivity contribution in [3.63, 3.8) is 0 Å². The minimum Gasteiger partial charge on any atom is -0.342 e. The number of nitrogens with zero attached hydrogens (tertiary/aromatic N) is 1. The molecule has 1 aliphatic carbocycles. The summed E-state index contributed by atoms with van der Waals surface area (Å²) >= 11 is 0. The van der Waals surface area contributed by atoms with Gasteiger partial charge in [0.1, 0.15) is 11.6 Å². The Balaban J connectivity index is 2.26. The zero-order chi connectivity index (χ0) is 14.2. The number of carbonyl (C=O) groups excluding carboxylic acids is 2. The number of carbonyl (C=O) groups is 2. The van der Waals surface area contributed by atoms with Crippen LogP contribution in [0.5, 0.6) is 0 Å². The van der Waals surface area contributed by atoms with E-state index in [1.807, 2.05) is 33.8 Å². The molecule has 1 heterocycles. The molecule has 1 aliphatic heterocycles. The summed E-state index contributed by atoms with van der Waals surface area (Å²) in [5.74, 6) is 0.435. The summed E-state index contributed by atoms with van der Waals surface area (Å²) < 4.78 is 0. The SMILES string of the molecule is CCC1(C)C(=O)NC(C2CC2)C(=O)N1CC=C(C)C. The predicted molar refractivity (Wildman–Crippen MR) is 74.5 cm³/mol. The molecular formula is C15H24N2O2. The van der Waals surface area contributed by atoms with Gasteiger partial charge in [0.05, 0.1) is 0 Å². The largest absolute Gasteiger partial charge is 0.342 e. The van der Waals surface area contributed by atoms with Crippen LogP contribution < -0.4 is 5.32 Å². The van der Waals surface area contributed by atoms with Crippen LogP contribution in [0, 0.1) is 5.92 Å². The number of amides is 2. The normalized spacial score (nSPS) is 31.2. The maximum absolute atomic E-state index is 12.6. The summed E-state index contributed by atoms with van der Waals surface area (Å²) in [6.45, 7) is 8.37. The summed E-state index contributed by atoms with van der Waals surface area (Å²) in [4.78, 5) is 26.8. The summed E-state index contributed by atoms with van der Waals surface area (Å²) in [5, 5.41) is 2.94. The van der Waals surface area contributed by atoms with Crippen LogP contribution in [0.4, 0.5) is 0 Å². The first-order chi connectivity index (χ1) is 8.90. The Kier molecular flexibility index (Phi) is 3.70. The molecule has 2 atom stereocenters. The van der Waals surface area contributed by atoms with Gasteiger partial charge in [-0.3, -0.25) is 9.59 Å². The van der Waals surface area contributed by atoms with E-state index in [1.54, 1.807) is 4.90 Å². The van der Waals surface area contributed by atoms with Gasteiger partial charge in [0, 0.05) is 6.54 Å². The minimum atomic E-state index is -0.714. The van der Waals surface area contributed by atoms with Gasteiger partial charge in [-0.25, -0.2) is 0 Å². The Morgan fingerprint density at radius 1 is 1.42 bits per heavy atom. The molecule has 1 N–H and O–H groups in total. The molecule has 0 spiro atoms. The fourth-order valence-electron chi connectivity index (χ4n) is 2.56. The number of rotatable bonds is 4. The van der Waals surface area contributed by atoms with Gasteiger partial charge >= 0.3 is 0 Å². The van der Waals surface area contributed by atoms with Crippen molar-refractivity contribution in [2.24, 2.45) is 5.92 Å². The Morgan fingerprint density at radius 2 is 2.05 bits per heavy atom. The van der Waals surface area contributed by atoms with Gasteiger partial charge in [0.2, 0.25) is 11.8 Å². The number of allylic oxidation sites excluding steroid dienone is 1. The second-order valence-electron chi connectivity index (χ2n) is 6.15. The monoisotopic (exact) mass is 264 g/mol. The third-order valence-corrected chi connectivity index (χ3v) is 4.37. The van der Waals surface area contributed by atoms with E-state index < -0.39 is 5.54 Å². The van der Waals surface area contributed by atoms with Crippen molar-refractivity contribution < 1.29 is 9.59 Å². The fraction of sp³-hybridized carbons (Fsp3) is 0.733. The van der Waals surface area contributed by atoms with Crippen molar-refractivity contribution in [2.75, 3.05) is 6.54 Å². The molecule has 19 heavy (non-hydrogen) atoms. The molecule has 2 rings (SSSR count). The van der Waals surface area contributed by atoms with Crippen LogP contribution in [0.25, 0.3) is 0 Å². The lowest BCUT2D eigenvalue weighted by atomic mass is 9.89. The van der Waals surface area contributed by atoms with Crippen LogP contribution in [0.15, 0.2) is 11.6 Å². The van der Waals surface area contributed by atoms with E-state index in [-0.39, 0.29) is 17.9 Å². The second kappa shape index (κ2) is 4.99. The highest BCUT2D eigenvalue weighted by Crippen LogP contribution is 2.37. The summed E-state index contributed by atoms with van der Waals surface area (Å²) in [7, 11) is 0. The van der Waals surface area contributed by atoms with Crippen LogP contribution in [0.2, 0.25) is 0 Å². The molecule has 2 aliphatic rings. The molecule has 1 saturated carbocycles. The summed E-state index contributed by atoms with van der Waals surface area (Å²) in [6.07, 6.45) is 4.76. The highest BCUT2D eigenvalue weighted by atomic mass is 16.2. The van der Waals surface area contributed by atoms with Crippen molar-refractivity contribution in [1.29, 1.82) is 0 Å². The molecule has 0 aromatic heterocycles. The minimum absolute atomic E-state index is 0.00587. The lowest BCUT2D eigenvalue weighted by Crippen LogP contribution is -2.69. The molecular weight excluding hydrogens is 240 g/mol. The zero-order valence-electron chi connectivity index (χ0n) is 12.3. The second-order valence-corrected chi connectivity index (χ2v) is 6.15. The van der Waals surface area contributed by atoms with Crippen molar-refractivity contribution in [1.82, 2.24) is 10.2 Å². The smallest absolute Gasteiger partial charge is 0.246 e.